The SMILES string of the molecule is COCCc1ccc(Oc2cccc(Br)c2C#N)cc1. The fourth-order valence-electron chi connectivity index (χ4n) is 1.77. The van der Waals surface area contributed by atoms with Crippen molar-refractivity contribution in [1.82, 2.24) is 0 Å². The lowest BCUT2D eigenvalue weighted by Crippen LogP contribution is -1.94. The van der Waals surface area contributed by atoms with Crippen LogP contribution in [0.4, 0.5) is 0 Å². The number of benzene rings is 2. The Morgan fingerprint density at radius 3 is 2.55 bits per heavy atom. The summed E-state index contributed by atoms with van der Waals surface area (Å²) < 4.78 is 11.5. The van der Waals surface area contributed by atoms with E-state index < -0.39 is 0 Å². The highest BCUT2D eigenvalue weighted by atomic mass is 79.9. The highest BCUT2D eigenvalue weighted by Crippen LogP contribution is 2.30. The van der Waals surface area contributed by atoms with Gasteiger partial charge in [0, 0.05) is 11.6 Å². The van der Waals surface area contributed by atoms with Gasteiger partial charge in [0.2, 0.25) is 0 Å². The van der Waals surface area contributed by atoms with Crippen molar-refractivity contribution in [3.8, 4) is 17.6 Å². The summed E-state index contributed by atoms with van der Waals surface area (Å²) in [6.45, 7) is 0.699. The number of rotatable bonds is 5. The first-order chi connectivity index (χ1) is 9.74. The Morgan fingerprint density at radius 2 is 1.90 bits per heavy atom. The average molecular weight is 332 g/mol. The van der Waals surface area contributed by atoms with E-state index in [1.807, 2.05) is 36.4 Å². The van der Waals surface area contributed by atoms with Crippen molar-refractivity contribution in [3.63, 3.8) is 0 Å². The van der Waals surface area contributed by atoms with Crippen molar-refractivity contribution >= 4 is 15.9 Å². The number of ether oxygens (including phenoxy) is 2. The Bertz CT molecular complexity index is 617. The van der Waals surface area contributed by atoms with E-state index in [4.69, 9.17) is 14.7 Å². The minimum atomic E-state index is 0.496. The van der Waals surface area contributed by atoms with Gasteiger partial charge in [-0.15, -0.1) is 0 Å². The minimum Gasteiger partial charge on any atom is -0.456 e. The van der Waals surface area contributed by atoms with Crippen LogP contribution < -0.4 is 4.74 Å². The summed E-state index contributed by atoms with van der Waals surface area (Å²) in [6.07, 6.45) is 0.872. The number of hydrogen-bond acceptors (Lipinski definition) is 3. The van der Waals surface area contributed by atoms with Crippen molar-refractivity contribution in [2.75, 3.05) is 13.7 Å². The molecule has 20 heavy (non-hydrogen) atoms. The summed E-state index contributed by atoms with van der Waals surface area (Å²) >= 11 is 3.34. The summed E-state index contributed by atoms with van der Waals surface area (Å²) in [5.74, 6) is 1.26. The molecule has 2 aromatic carbocycles. The summed E-state index contributed by atoms with van der Waals surface area (Å²) in [5.41, 5.74) is 1.69. The summed E-state index contributed by atoms with van der Waals surface area (Å²) in [4.78, 5) is 0. The lowest BCUT2D eigenvalue weighted by atomic mass is 10.1. The van der Waals surface area contributed by atoms with Crippen LogP contribution in [0.25, 0.3) is 0 Å². The molecule has 0 bridgehead atoms. The molecule has 0 aromatic heterocycles. The van der Waals surface area contributed by atoms with Crippen LogP contribution in [0.15, 0.2) is 46.9 Å². The molecule has 0 atom stereocenters. The van der Waals surface area contributed by atoms with Crippen molar-refractivity contribution in [2.45, 2.75) is 6.42 Å². The van der Waals surface area contributed by atoms with Gasteiger partial charge in [0.05, 0.1) is 6.61 Å². The van der Waals surface area contributed by atoms with E-state index in [1.165, 1.54) is 5.56 Å². The topological polar surface area (TPSA) is 42.2 Å². The fourth-order valence-corrected chi connectivity index (χ4v) is 2.21. The molecular weight excluding hydrogens is 318 g/mol. The molecule has 0 fully saturated rings. The molecule has 0 heterocycles. The van der Waals surface area contributed by atoms with E-state index in [0.717, 1.165) is 10.9 Å². The fraction of sp³-hybridized carbons (Fsp3) is 0.188. The molecule has 0 unspecified atom stereocenters. The number of halogens is 1. The number of nitrogens with zero attached hydrogens (tertiary/aromatic N) is 1. The zero-order valence-corrected chi connectivity index (χ0v) is 12.7. The van der Waals surface area contributed by atoms with Gasteiger partial charge < -0.3 is 9.47 Å². The van der Waals surface area contributed by atoms with Crippen LogP contribution in [0.1, 0.15) is 11.1 Å². The molecule has 4 heteroatoms. The van der Waals surface area contributed by atoms with Gasteiger partial charge in [-0.25, -0.2) is 0 Å². The predicted octanol–water partition coefficient (Wildman–Crippen LogP) is 4.30. The van der Waals surface area contributed by atoms with Crippen molar-refractivity contribution in [1.29, 1.82) is 5.26 Å². The molecule has 3 nitrogen and oxygen atoms in total. The second kappa shape index (κ2) is 7.09. The highest BCUT2D eigenvalue weighted by molar-refractivity contribution is 9.10. The molecule has 0 spiro atoms. The average Bonchev–Trinajstić information content (AvgIpc) is 2.47. The predicted molar refractivity (Wildman–Crippen MR) is 81.0 cm³/mol. The van der Waals surface area contributed by atoms with Crippen LogP contribution in [0.5, 0.6) is 11.5 Å². The Balaban J connectivity index is 2.15. The maximum absolute atomic E-state index is 9.14. The van der Waals surface area contributed by atoms with Gasteiger partial charge in [0.15, 0.2) is 0 Å². The van der Waals surface area contributed by atoms with E-state index in [1.54, 1.807) is 13.2 Å². The van der Waals surface area contributed by atoms with Crippen LogP contribution in [-0.2, 0) is 11.2 Å². The normalized spacial score (nSPS) is 10.1. The zero-order chi connectivity index (χ0) is 14.4. The first-order valence-electron chi connectivity index (χ1n) is 6.19. The molecule has 0 N–H and O–H groups in total. The number of nitriles is 1. The largest absolute Gasteiger partial charge is 0.456 e. The lowest BCUT2D eigenvalue weighted by Gasteiger charge is -2.09. The molecule has 0 aliphatic rings. The Labute approximate surface area is 126 Å². The van der Waals surface area contributed by atoms with Crippen LogP contribution >= 0.6 is 15.9 Å². The van der Waals surface area contributed by atoms with E-state index in [0.29, 0.717) is 23.7 Å². The number of hydrogen-bond donors (Lipinski definition) is 0. The monoisotopic (exact) mass is 331 g/mol. The second-order valence-corrected chi connectivity index (χ2v) is 5.07. The van der Waals surface area contributed by atoms with Crippen molar-refractivity contribution in [2.24, 2.45) is 0 Å². The van der Waals surface area contributed by atoms with Gasteiger partial charge in [0.1, 0.15) is 23.1 Å². The van der Waals surface area contributed by atoms with Crippen molar-refractivity contribution in [3.05, 3.63) is 58.1 Å². The molecule has 0 saturated carbocycles. The van der Waals surface area contributed by atoms with Crippen LogP contribution in [0.3, 0.4) is 0 Å². The minimum absolute atomic E-state index is 0.496. The quantitative estimate of drug-likeness (QED) is 0.820. The van der Waals surface area contributed by atoms with E-state index in [9.17, 15) is 0 Å². The molecule has 102 valence electrons. The van der Waals surface area contributed by atoms with E-state index in [-0.39, 0.29) is 0 Å². The molecule has 0 radical (unpaired) electrons. The van der Waals surface area contributed by atoms with Crippen LogP contribution in [0, 0.1) is 11.3 Å². The van der Waals surface area contributed by atoms with Gasteiger partial charge in [-0.05, 0) is 52.2 Å². The van der Waals surface area contributed by atoms with Crippen LogP contribution in [0.2, 0.25) is 0 Å². The summed E-state index contributed by atoms with van der Waals surface area (Å²) in [7, 11) is 1.69. The molecule has 0 amide bonds. The maximum atomic E-state index is 9.14. The van der Waals surface area contributed by atoms with Gasteiger partial charge in [-0.3, -0.25) is 0 Å². The molecular formula is C16H14BrNO2. The van der Waals surface area contributed by atoms with Gasteiger partial charge in [-0.2, -0.15) is 5.26 Å². The molecule has 2 aromatic rings. The zero-order valence-electron chi connectivity index (χ0n) is 11.1. The molecule has 0 saturated heterocycles. The van der Waals surface area contributed by atoms with Crippen molar-refractivity contribution < 1.29 is 9.47 Å². The van der Waals surface area contributed by atoms with E-state index >= 15 is 0 Å². The Morgan fingerprint density at radius 1 is 1.15 bits per heavy atom. The van der Waals surface area contributed by atoms with Gasteiger partial charge >= 0.3 is 0 Å². The first kappa shape index (κ1) is 14.6. The Hall–Kier alpha value is -1.83. The standard InChI is InChI=1S/C16H14BrNO2/c1-19-10-9-12-5-7-13(8-6-12)20-16-4-2-3-15(17)14(16)11-18/h2-8H,9-10H2,1H3. The highest BCUT2D eigenvalue weighted by Gasteiger charge is 2.08. The summed E-state index contributed by atoms with van der Waals surface area (Å²) in [5, 5.41) is 9.14. The number of methoxy groups -OCH3 is 1. The van der Waals surface area contributed by atoms with Gasteiger partial charge in [-0.1, -0.05) is 18.2 Å². The smallest absolute Gasteiger partial charge is 0.146 e. The van der Waals surface area contributed by atoms with Crippen LogP contribution in [-0.4, -0.2) is 13.7 Å². The molecule has 2 rings (SSSR count). The maximum Gasteiger partial charge on any atom is 0.146 e. The second-order valence-electron chi connectivity index (χ2n) is 4.21. The third-order valence-electron chi connectivity index (χ3n) is 2.83. The third-order valence-corrected chi connectivity index (χ3v) is 3.49. The molecule has 0 aliphatic carbocycles. The first-order valence-corrected chi connectivity index (χ1v) is 6.98. The van der Waals surface area contributed by atoms with E-state index in [2.05, 4.69) is 22.0 Å². The third kappa shape index (κ3) is 3.60. The lowest BCUT2D eigenvalue weighted by molar-refractivity contribution is 0.202. The Kier molecular flexibility index (Phi) is 5.16. The van der Waals surface area contributed by atoms with Gasteiger partial charge in [0.25, 0.3) is 0 Å². The summed E-state index contributed by atoms with van der Waals surface area (Å²) in [6, 6.07) is 15.4. The molecule has 0 aliphatic heterocycles.